The molecule has 0 saturated carbocycles. The Hall–Kier alpha value is -0.120. The quantitative estimate of drug-likeness (QED) is 0.466. The molecule has 0 heterocycles. The molecule has 0 rings (SSSR count). The highest BCUT2D eigenvalue weighted by Crippen LogP contribution is 2.03. The van der Waals surface area contributed by atoms with Crippen LogP contribution in [0.25, 0.3) is 0 Å². The molecular weight excluding hydrogens is 174 g/mol. The topological polar surface area (TPSA) is 64.1 Å². The molecule has 0 amide bonds. The van der Waals surface area contributed by atoms with Gasteiger partial charge < -0.3 is 16.8 Å². The number of unbranched alkanes of at least 4 members (excludes halogenated alkanes) is 5. The number of rotatable bonds is 10. The fraction of sp³-hybridized carbons (Fsp3) is 1.00. The van der Waals surface area contributed by atoms with E-state index in [0.29, 0.717) is 6.54 Å². The lowest BCUT2D eigenvalue weighted by molar-refractivity contribution is 0.541. The van der Waals surface area contributed by atoms with Crippen molar-refractivity contribution in [3.63, 3.8) is 0 Å². The van der Waals surface area contributed by atoms with Crippen LogP contribution in [0.4, 0.5) is 0 Å². The molecule has 3 heteroatoms. The van der Waals surface area contributed by atoms with Gasteiger partial charge in [0.1, 0.15) is 0 Å². The highest BCUT2D eigenvalue weighted by Gasteiger charge is 1.96. The third kappa shape index (κ3) is 9.96. The van der Waals surface area contributed by atoms with Gasteiger partial charge in [-0.05, 0) is 13.0 Å². The molecule has 5 N–H and O–H groups in total. The van der Waals surface area contributed by atoms with Crippen LogP contribution in [0, 0.1) is 0 Å². The van der Waals surface area contributed by atoms with Crippen molar-refractivity contribution in [2.75, 3.05) is 19.6 Å². The van der Waals surface area contributed by atoms with Gasteiger partial charge in [0.2, 0.25) is 0 Å². The molecule has 0 spiro atoms. The lowest BCUT2D eigenvalue weighted by atomic mass is 10.1. The molecule has 1 atom stereocenters. The van der Waals surface area contributed by atoms with Gasteiger partial charge in [0.15, 0.2) is 0 Å². The highest BCUT2D eigenvalue weighted by atomic mass is 14.9. The van der Waals surface area contributed by atoms with Crippen LogP contribution < -0.4 is 16.8 Å². The molecule has 0 aromatic rings. The van der Waals surface area contributed by atoms with Crippen molar-refractivity contribution < 1.29 is 0 Å². The number of nitrogens with two attached hydrogens (primary N) is 2. The molecule has 0 aliphatic carbocycles. The Morgan fingerprint density at radius 3 is 2.36 bits per heavy atom. The Morgan fingerprint density at radius 2 is 1.71 bits per heavy atom. The van der Waals surface area contributed by atoms with Gasteiger partial charge in [0, 0.05) is 19.1 Å². The number of nitrogens with one attached hydrogen (secondary N) is 1. The SMILES string of the molecule is CCCCCCCCNCC(N)CN. The van der Waals surface area contributed by atoms with Gasteiger partial charge in [-0.15, -0.1) is 0 Å². The molecule has 0 aliphatic rings. The first-order chi connectivity index (χ1) is 6.81. The molecule has 0 saturated heterocycles. The van der Waals surface area contributed by atoms with Crippen molar-refractivity contribution >= 4 is 0 Å². The second-order valence-electron chi connectivity index (χ2n) is 3.97. The maximum Gasteiger partial charge on any atom is 0.0290 e. The molecule has 0 aliphatic heterocycles. The second-order valence-corrected chi connectivity index (χ2v) is 3.97. The average molecular weight is 201 g/mol. The number of hydrogen-bond acceptors (Lipinski definition) is 3. The lowest BCUT2D eigenvalue weighted by Crippen LogP contribution is -2.39. The molecule has 86 valence electrons. The van der Waals surface area contributed by atoms with Crippen LogP contribution in [0.5, 0.6) is 0 Å². The van der Waals surface area contributed by atoms with Crippen LogP contribution in [0.15, 0.2) is 0 Å². The van der Waals surface area contributed by atoms with Crippen LogP contribution in [0.1, 0.15) is 45.4 Å². The molecule has 1 unspecified atom stereocenters. The van der Waals surface area contributed by atoms with Gasteiger partial charge >= 0.3 is 0 Å². The lowest BCUT2D eigenvalue weighted by Gasteiger charge is -2.09. The largest absolute Gasteiger partial charge is 0.329 e. The third-order valence-corrected chi connectivity index (χ3v) is 2.42. The maximum absolute atomic E-state index is 5.67. The average Bonchev–Trinajstić information content (AvgIpc) is 2.21. The van der Waals surface area contributed by atoms with E-state index in [-0.39, 0.29) is 6.04 Å². The van der Waals surface area contributed by atoms with Crippen LogP contribution in [-0.2, 0) is 0 Å². The first kappa shape index (κ1) is 13.9. The summed E-state index contributed by atoms with van der Waals surface area (Å²) in [4.78, 5) is 0. The summed E-state index contributed by atoms with van der Waals surface area (Å²) < 4.78 is 0. The number of hydrogen-bond donors (Lipinski definition) is 3. The molecular formula is C11H27N3. The van der Waals surface area contributed by atoms with E-state index in [0.717, 1.165) is 13.1 Å². The summed E-state index contributed by atoms with van der Waals surface area (Å²) in [6, 6.07) is 0.120. The Morgan fingerprint density at radius 1 is 1.07 bits per heavy atom. The summed E-state index contributed by atoms with van der Waals surface area (Å²) in [6.07, 6.45) is 8.07. The standard InChI is InChI=1S/C11H27N3/c1-2-3-4-5-6-7-8-14-10-11(13)9-12/h11,14H,2-10,12-13H2,1H3. The van der Waals surface area contributed by atoms with Crippen LogP contribution in [0.2, 0.25) is 0 Å². The van der Waals surface area contributed by atoms with Crippen LogP contribution in [-0.4, -0.2) is 25.7 Å². The van der Waals surface area contributed by atoms with Gasteiger partial charge in [0.25, 0.3) is 0 Å². The second kappa shape index (κ2) is 11.0. The fourth-order valence-corrected chi connectivity index (χ4v) is 1.40. The zero-order valence-corrected chi connectivity index (χ0v) is 9.60. The first-order valence-electron chi connectivity index (χ1n) is 5.97. The van der Waals surface area contributed by atoms with Gasteiger partial charge in [-0.2, -0.15) is 0 Å². The van der Waals surface area contributed by atoms with Gasteiger partial charge in [-0.3, -0.25) is 0 Å². The highest BCUT2D eigenvalue weighted by molar-refractivity contribution is 4.64. The minimum Gasteiger partial charge on any atom is -0.329 e. The Balaban J connectivity index is 2.92. The summed E-state index contributed by atoms with van der Waals surface area (Å²) in [5.74, 6) is 0. The molecule has 0 bridgehead atoms. The van der Waals surface area contributed by atoms with E-state index in [2.05, 4.69) is 12.2 Å². The molecule has 14 heavy (non-hydrogen) atoms. The monoisotopic (exact) mass is 201 g/mol. The van der Waals surface area contributed by atoms with E-state index in [1.807, 2.05) is 0 Å². The predicted molar refractivity (Wildman–Crippen MR) is 63.3 cm³/mol. The molecule has 3 nitrogen and oxygen atoms in total. The molecule has 0 radical (unpaired) electrons. The summed E-state index contributed by atoms with van der Waals surface area (Å²) in [6.45, 7) is 4.75. The van der Waals surface area contributed by atoms with E-state index >= 15 is 0 Å². The third-order valence-electron chi connectivity index (χ3n) is 2.42. The van der Waals surface area contributed by atoms with Crippen molar-refractivity contribution in [1.29, 1.82) is 0 Å². The maximum atomic E-state index is 5.67. The minimum absolute atomic E-state index is 0.120. The van der Waals surface area contributed by atoms with E-state index in [9.17, 15) is 0 Å². The summed E-state index contributed by atoms with van der Waals surface area (Å²) in [5, 5.41) is 3.32. The van der Waals surface area contributed by atoms with Crippen LogP contribution in [0.3, 0.4) is 0 Å². The normalized spacial score (nSPS) is 13.1. The smallest absolute Gasteiger partial charge is 0.0290 e. The van der Waals surface area contributed by atoms with E-state index in [1.165, 1.54) is 38.5 Å². The van der Waals surface area contributed by atoms with Gasteiger partial charge in [-0.1, -0.05) is 39.0 Å². The van der Waals surface area contributed by atoms with E-state index in [4.69, 9.17) is 11.5 Å². The van der Waals surface area contributed by atoms with Crippen molar-refractivity contribution in [2.45, 2.75) is 51.5 Å². The van der Waals surface area contributed by atoms with Gasteiger partial charge in [-0.25, -0.2) is 0 Å². The molecule has 0 aromatic heterocycles. The minimum atomic E-state index is 0.120. The van der Waals surface area contributed by atoms with Crippen molar-refractivity contribution in [1.82, 2.24) is 5.32 Å². The predicted octanol–water partition coefficient (Wildman–Crippen LogP) is 1.22. The molecule has 0 aromatic carbocycles. The van der Waals surface area contributed by atoms with Crippen LogP contribution >= 0.6 is 0 Å². The van der Waals surface area contributed by atoms with E-state index in [1.54, 1.807) is 0 Å². The Bertz CT molecular complexity index is 107. The Kier molecular flexibility index (Phi) is 10.9. The molecule has 0 fully saturated rings. The van der Waals surface area contributed by atoms with E-state index < -0.39 is 0 Å². The summed E-state index contributed by atoms with van der Waals surface area (Å²) >= 11 is 0. The Labute approximate surface area is 88.6 Å². The first-order valence-corrected chi connectivity index (χ1v) is 5.97. The zero-order chi connectivity index (χ0) is 10.6. The van der Waals surface area contributed by atoms with Crippen molar-refractivity contribution in [3.8, 4) is 0 Å². The fourth-order valence-electron chi connectivity index (χ4n) is 1.40. The van der Waals surface area contributed by atoms with Crippen molar-refractivity contribution in [3.05, 3.63) is 0 Å². The summed E-state index contributed by atoms with van der Waals surface area (Å²) in [5.41, 5.74) is 11.1. The summed E-state index contributed by atoms with van der Waals surface area (Å²) in [7, 11) is 0. The van der Waals surface area contributed by atoms with Gasteiger partial charge in [0.05, 0.1) is 0 Å². The zero-order valence-electron chi connectivity index (χ0n) is 9.60. The van der Waals surface area contributed by atoms with Crippen molar-refractivity contribution in [2.24, 2.45) is 11.5 Å².